The van der Waals surface area contributed by atoms with Crippen LogP contribution in [0.3, 0.4) is 0 Å². The summed E-state index contributed by atoms with van der Waals surface area (Å²) in [6, 6.07) is 13.7. The number of ether oxygens (including phenoxy) is 4. The van der Waals surface area contributed by atoms with Crippen molar-refractivity contribution in [2.24, 2.45) is 5.73 Å². The predicted octanol–water partition coefficient (Wildman–Crippen LogP) is 4.40. The van der Waals surface area contributed by atoms with Crippen LogP contribution in [0.25, 0.3) is 0 Å². The Labute approximate surface area is 214 Å². The summed E-state index contributed by atoms with van der Waals surface area (Å²) < 4.78 is 22.1. The molecule has 0 aromatic heterocycles. The first kappa shape index (κ1) is 26.4. The van der Waals surface area contributed by atoms with E-state index in [9.17, 15) is 14.9 Å². The highest BCUT2D eigenvalue weighted by atomic mass is 35.5. The van der Waals surface area contributed by atoms with E-state index < -0.39 is 11.9 Å². The van der Waals surface area contributed by atoms with Gasteiger partial charge in [0, 0.05) is 10.7 Å². The minimum atomic E-state index is -0.831. The first-order chi connectivity index (χ1) is 17.3. The van der Waals surface area contributed by atoms with Crippen molar-refractivity contribution < 1.29 is 28.5 Å². The molecule has 0 spiro atoms. The van der Waals surface area contributed by atoms with Crippen LogP contribution in [-0.4, -0.2) is 31.7 Å². The van der Waals surface area contributed by atoms with Gasteiger partial charge in [-0.3, -0.25) is 4.79 Å². The molecule has 3 N–H and O–H groups in total. The van der Waals surface area contributed by atoms with Gasteiger partial charge in [0.05, 0.1) is 24.7 Å². The largest absolute Gasteiger partial charge is 0.490 e. The summed E-state index contributed by atoms with van der Waals surface area (Å²) in [6.45, 7) is 5.24. The minimum absolute atomic E-state index is 0.0701. The van der Waals surface area contributed by atoms with E-state index in [1.165, 1.54) is 0 Å². The van der Waals surface area contributed by atoms with Crippen LogP contribution in [0.4, 0.5) is 5.69 Å². The van der Waals surface area contributed by atoms with Crippen LogP contribution in [0.15, 0.2) is 65.3 Å². The number of amides is 1. The van der Waals surface area contributed by atoms with Gasteiger partial charge in [-0.15, -0.1) is 0 Å². The Morgan fingerprint density at radius 2 is 1.92 bits per heavy atom. The molecule has 0 saturated carbocycles. The molecular formula is C26H26ClN3O6. The van der Waals surface area contributed by atoms with Crippen molar-refractivity contribution in [2.45, 2.75) is 26.7 Å². The van der Waals surface area contributed by atoms with Gasteiger partial charge in [0.2, 0.25) is 5.88 Å². The molecule has 1 heterocycles. The molecule has 3 rings (SSSR count). The molecule has 1 atom stereocenters. The zero-order valence-corrected chi connectivity index (χ0v) is 20.8. The van der Waals surface area contributed by atoms with E-state index in [0.29, 0.717) is 34.4 Å². The van der Waals surface area contributed by atoms with Gasteiger partial charge in [-0.1, -0.05) is 23.7 Å². The average molecular weight is 512 g/mol. The van der Waals surface area contributed by atoms with Crippen LogP contribution in [-0.2, 0) is 19.1 Å². The third-order valence-corrected chi connectivity index (χ3v) is 5.40. The highest BCUT2D eigenvalue weighted by molar-refractivity contribution is 6.30. The number of nitriles is 1. The highest BCUT2D eigenvalue weighted by Crippen LogP contribution is 2.42. The molecule has 0 radical (unpaired) electrons. The SMILES string of the molecule is CCOC(=O)C1=C(C)OC(N)=C(C#N)C1c1ccc(OCC(=O)Nc2cccc(Cl)c2)c(OCC)c1. The van der Waals surface area contributed by atoms with Crippen LogP contribution in [0.1, 0.15) is 32.3 Å². The number of esters is 1. The van der Waals surface area contributed by atoms with Crippen molar-refractivity contribution in [3.63, 3.8) is 0 Å². The Bertz CT molecular complexity index is 1260. The summed E-state index contributed by atoms with van der Waals surface area (Å²) in [5.74, 6) is -1.05. The summed E-state index contributed by atoms with van der Waals surface area (Å²) in [6.07, 6.45) is 0. The normalized spacial score (nSPS) is 15.0. The molecule has 10 heteroatoms. The third-order valence-electron chi connectivity index (χ3n) is 5.17. The van der Waals surface area contributed by atoms with E-state index in [0.717, 1.165) is 0 Å². The van der Waals surface area contributed by atoms with Crippen LogP contribution in [0.5, 0.6) is 11.5 Å². The van der Waals surface area contributed by atoms with Gasteiger partial charge in [-0.25, -0.2) is 4.79 Å². The number of nitrogens with two attached hydrogens (primary N) is 1. The summed E-state index contributed by atoms with van der Waals surface area (Å²) in [7, 11) is 0. The molecule has 0 bridgehead atoms. The monoisotopic (exact) mass is 511 g/mol. The summed E-state index contributed by atoms with van der Waals surface area (Å²) >= 11 is 5.95. The quantitative estimate of drug-likeness (QED) is 0.473. The number of carbonyl (C=O) groups is 2. The molecule has 1 aliphatic rings. The smallest absolute Gasteiger partial charge is 0.338 e. The average Bonchev–Trinajstić information content (AvgIpc) is 2.83. The zero-order chi connectivity index (χ0) is 26.2. The standard InChI is InChI=1S/C26H26ClN3O6/c1-4-33-21-11-16(24-19(13-28)25(29)36-15(3)23(24)26(32)34-5-2)9-10-20(21)35-14-22(31)30-18-8-6-7-17(27)12-18/h6-12,24H,4-5,14,29H2,1-3H3,(H,30,31). The fourth-order valence-corrected chi connectivity index (χ4v) is 3.88. The van der Waals surface area contributed by atoms with Gasteiger partial charge in [0.25, 0.3) is 5.91 Å². The lowest BCUT2D eigenvalue weighted by atomic mass is 9.83. The molecular weight excluding hydrogens is 486 g/mol. The van der Waals surface area contributed by atoms with Gasteiger partial charge in [-0.2, -0.15) is 5.26 Å². The molecule has 2 aromatic carbocycles. The number of rotatable bonds is 9. The second kappa shape index (κ2) is 12.0. The lowest BCUT2D eigenvalue weighted by molar-refractivity contribution is -0.139. The number of halogens is 1. The van der Waals surface area contributed by atoms with Crippen LogP contribution >= 0.6 is 11.6 Å². The zero-order valence-electron chi connectivity index (χ0n) is 20.1. The Balaban J connectivity index is 1.89. The maximum Gasteiger partial charge on any atom is 0.338 e. The molecule has 1 amide bonds. The fraction of sp³-hybridized carbons (Fsp3) is 0.269. The van der Waals surface area contributed by atoms with E-state index in [4.69, 9.17) is 36.3 Å². The first-order valence-electron chi connectivity index (χ1n) is 11.2. The van der Waals surface area contributed by atoms with Gasteiger partial charge in [0.1, 0.15) is 17.4 Å². The lowest BCUT2D eigenvalue weighted by Crippen LogP contribution is -2.25. The molecule has 36 heavy (non-hydrogen) atoms. The number of hydrogen-bond acceptors (Lipinski definition) is 8. The molecule has 1 unspecified atom stereocenters. The molecule has 188 valence electrons. The van der Waals surface area contributed by atoms with Crippen molar-refractivity contribution >= 4 is 29.2 Å². The Morgan fingerprint density at radius 3 is 2.58 bits per heavy atom. The number of benzene rings is 2. The highest BCUT2D eigenvalue weighted by Gasteiger charge is 2.36. The number of hydrogen-bond donors (Lipinski definition) is 2. The van der Waals surface area contributed by atoms with Crippen molar-refractivity contribution in [3.8, 4) is 17.6 Å². The third kappa shape index (κ3) is 6.09. The number of nitrogens with one attached hydrogen (secondary N) is 1. The Morgan fingerprint density at radius 1 is 1.14 bits per heavy atom. The van der Waals surface area contributed by atoms with E-state index in [1.807, 2.05) is 6.07 Å². The summed E-state index contributed by atoms with van der Waals surface area (Å²) in [5.41, 5.74) is 7.28. The van der Waals surface area contributed by atoms with Crippen molar-refractivity contribution in [1.82, 2.24) is 0 Å². The molecule has 2 aromatic rings. The molecule has 0 saturated heterocycles. The van der Waals surface area contributed by atoms with Crippen molar-refractivity contribution in [3.05, 3.63) is 75.8 Å². The van der Waals surface area contributed by atoms with E-state index >= 15 is 0 Å². The summed E-state index contributed by atoms with van der Waals surface area (Å²) in [4.78, 5) is 25.1. The van der Waals surface area contributed by atoms with Crippen LogP contribution in [0.2, 0.25) is 5.02 Å². The number of carbonyl (C=O) groups excluding carboxylic acids is 2. The van der Waals surface area contributed by atoms with Gasteiger partial charge in [0.15, 0.2) is 18.1 Å². The van der Waals surface area contributed by atoms with Gasteiger partial charge < -0.3 is 30.0 Å². The van der Waals surface area contributed by atoms with Gasteiger partial charge in [-0.05, 0) is 56.7 Å². The topological polar surface area (TPSA) is 133 Å². The van der Waals surface area contributed by atoms with Gasteiger partial charge >= 0.3 is 5.97 Å². The van der Waals surface area contributed by atoms with E-state index in [-0.39, 0.29) is 41.9 Å². The van der Waals surface area contributed by atoms with Crippen LogP contribution < -0.4 is 20.5 Å². The second-order valence-corrected chi connectivity index (χ2v) is 8.04. The minimum Gasteiger partial charge on any atom is -0.490 e. The number of anilines is 1. The molecule has 9 nitrogen and oxygen atoms in total. The lowest BCUT2D eigenvalue weighted by Gasteiger charge is -2.27. The Hall–Kier alpha value is -4.16. The van der Waals surface area contributed by atoms with E-state index in [1.54, 1.807) is 63.2 Å². The van der Waals surface area contributed by atoms with Crippen molar-refractivity contribution in [1.29, 1.82) is 5.26 Å². The van der Waals surface area contributed by atoms with E-state index in [2.05, 4.69) is 5.32 Å². The number of nitrogens with zero attached hydrogens (tertiary/aromatic N) is 1. The molecule has 0 fully saturated rings. The second-order valence-electron chi connectivity index (χ2n) is 7.60. The maximum absolute atomic E-state index is 12.7. The first-order valence-corrected chi connectivity index (χ1v) is 11.6. The number of allylic oxidation sites excluding steroid dienone is 2. The predicted molar refractivity (Wildman–Crippen MR) is 133 cm³/mol. The Kier molecular flexibility index (Phi) is 8.81. The summed E-state index contributed by atoms with van der Waals surface area (Å²) in [5, 5.41) is 13.0. The van der Waals surface area contributed by atoms with Crippen LogP contribution in [0, 0.1) is 11.3 Å². The molecule has 1 aliphatic heterocycles. The van der Waals surface area contributed by atoms with Crippen molar-refractivity contribution in [2.75, 3.05) is 25.1 Å². The fourth-order valence-electron chi connectivity index (χ4n) is 3.69. The molecule has 0 aliphatic carbocycles. The maximum atomic E-state index is 12.7.